The molecule has 0 radical (unpaired) electrons. The predicted molar refractivity (Wildman–Crippen MR) is 88.5 cm³/mol. The number of fused-ring (bicyclic) bond motifs is 1. The van der Waals surface area contributed by atoms with Crippen molar-refractivity contribution in [3.8, 4) is 11.4 Å². The van der Waals surface area contributed by atoms with Crippen LogP contribution < -0.4 is 0 Å². The highest BCUT2D eigenvalue weighted by Crippen LogP contribution is 2.28. The molecule has 0 N–H and O–H groups in total. The summed E-state index contributed by atoms with van der Waals surface area (Å²) in [4.78, 5) is 9.61. The average molecular weight is 276 g/mol. The van der Waals surface area contributed by atoms with Crippen LogP contribution in [0.1, 0.15) is 36.6 Å². The summed E-state index contributed by atoms with van der Waals surface area (Å²) in [5, 5.41) is 1.17. The van der Waals surface area contributed by atoms with Gasteiger partial charge in [-0.15, -0.1) is 0 Å². The average Bonchev–Trinajstić information content (AvgIpc) is 2.48. The molecule has 3 aromatic rings. The van der Waals surface area contributed by atoms with Crippen molar-refractivity contribution in [1.82, 2.24) is 9.97 Å². The van der Waals surface area contributed by atoms with Gasteiger partial charge >= 0.3 is 0 Å². The molecular weight excluding hydrogens is 256 g/mol. The van der Waals surface area contributed by atoms with Gasteiger partial charge in [-0.3, -0.25) is 0 Å². The van der Waals surface area contributed by atoms with Crippen LogP contribution in [0.25, 0.3) is 22.3 Å². The number of hydrogen-bond donors (Lipinski definition) is 0. The Morgan fingerprint density at radius 2 is 1.52 bits per heavy atom. The lowest BCUT2D eigenvalue weighted by Gasteiger charge is -2.13. The zero-order valence-corrected chi connectivity index (χ0v) is 13.0. The number of aryl methyl sites for hydroxylation is 2. The monoisotopic (exact) mass is 276 g/mol. The van der Waals surface area contributed by atoms with E-state index in [1.165, 1.54) is 16.5 Å². The fraction of sp³-hybridized carbons (Fsp3) is 0.263. The van der Waals surface area contributed by atoms with Gasteiger partial charge in [0.15, 0.2) is 5.82 Å². The second kappa shape index (κ2) is 5.28. The van der Waals surface area contributed by atoms with Gasteiger partial charge in [0.1, 0.15) is 0 Å². The van der Waals surface area contributed by atoms with Crippen LogP contribution in [0.5, 0.6) is 0 Å². The highest BCUT2D eigenvalue weighted by atomic mass is 14.9. The minimum Gasteiger partial charge on any atom is -0.232 e. The molecular formula is C19H20N2. The lowest BCUT2D eigenvalue weighted by Crippen LogP contribution is -2.01. The van der Waals surface area contributed by atoms with Gasteiger partial charge in [0.2, 0.25) is 0 Å². The van der Waals surface area contributed by atoms with Crippen molar-refractivity contribution in [1.29, 1.82) is 0 Å². The minimum absolute atomic E-state index is 0.375. The Hall–Kier alpha value is -2.22. The first kappa shape index (κ1) is 13.7. The predicted octanol–water partition coefficient (Wildman–Crippen LogP) is 5.04. The first-order valence-electron chi connectivity index (χ1n) is 7.40. The van der Waals surface area contributed by atoms with Crippen molar-refractivity contribution in [3.05, 3.63) is 59.3 Å². The zero-order chi connectivity index (χ0) is 15.0. The van der Waals surface area contributed by atoms with E-state index in [0.717, 1.165) is 22.6 Å². The van der Waals surface area contributed by atoms with Gasteiger partial charge in [-0.05, 0) is 43.0 Å². The lowest BCUT2D eigenvalue weighted by molar-refractivity contribution is 0.830. The van der Waals surface area contributed by atoms with Crippen molar-refractivity contribution in [3.63, 3.8) is 0 Å². The molecule has 0 aliphatic carbocycles. The molecule has 3 rings (SSSR count). The molecule has 0 amide bonds. The number of rotatable bonds is 2. The van der Waals surface area contributed by atoms with E-state index in [9.17, 15) is 0 Å². The summed E-state index contributed by atoms with van der Waals surface area (Å²) < 4.78 is 0. The largest absolute Gasteiger partial charge is 0.232 e. The van der Waals surface area contributed by atoms with Gasteiger partial charge in [-0.25, -0.2) is 9.97 Å². The first-order chi connectivity index (χ1) is 10.1. The van der Waals surface area contributed by atoms with Gasteiger partial charge in [-0.1, -0.05) is 44.2 Å². The SMILES string of the molecule is Cc1cc2nc(-c3ccccc3)nc(C(C)C)c2cc1C. The van der Waals surface area contributed by atoms with Crippen molar-refractivity contribution < 1.29 is 0 Å². The lowest BCUT2D eigenvalue weighted by atomic mass is 10.00. The van der Waals surface area contributed by atoms with Crippen LogP contribution in [-0.4, -0.2) is 9.97 Å². The van der Waals surface area contributed by atoms with E-state index in [4.69, 9.17) is 9.97 Å². The molecule has 0 saturated heterocycles. The highest BCUT2D eigenvalue weighted by Gasteiger charge is 2.13. The van der Waals surface area contributed by atoms with Crippen molar-refractivity contribution in [2.45, 2.75) is 33.6 Å². The van der Waals surface area contributed by atoms with Gasteiger partial charge < -0.3 is 0 Å². The molecule has 1 aromatic heterocycles. The quantitative estimate of drug-likeness (QED) is 0.655. The molecule has 0 unspecified atom stereocenters. The third-order valence-corrected chi connectivity index (χ3v) is 3.92. The van der Waals surface area contributed by atoms with Gasteiger partial charge in [0.05, 0.1) is 11.2 Å². The van der Waals surface area contributed by atoms with Crippen LogP contribution in [0.3, 0.4) is 0 Å². The fourth-order valence-corrected chi connectivity index (χ4v) is 2.57. The number of hydrogen-bond acceptors (Lipinski definition) is 2. The molecule has 0 aliphatic rings. The molecule has 0 atom stereocenters. The molecule has 0 spiro atoms. The maximum absolute atomic E-state index is 4.83. The maximum atomic E-state index is 4.83. The standard InChI is InChI=1S/C19H20N2/c1-12(2)18-16-10-13(3)14(4)11-17(16)20-19(21-18)15-8-6-5-7-9-15/h5-12H,1-4H3. The van der Waals surface area contributed by atoms with E-state index in [2.05, 4.69) is 52.0 Å². The zero-order valence-electron chi connectivity index (χ0n) is 13.0. The Balaban J connectivity index is 2.32. The molecule has 2 nitrogen and oxygen atoms in total. The van der Waals surface area contributed by atoms with Crippen LogP contribution >= 0.6 is 0 Å². The molecule has 21 heavy (non-hydrogen) atoms. The molecule has 2 heteroatoms. The highest BCUT2D eigenvalue weighted by molar-refractivity contribution is 5.84. The number of aromatic nitrogens is 2. The Bertz CT molecular complexity index is 790. The van der Waals surface area contributed by atoms with E-state index in [1.807, 2.05) is 18.2 Å². The molecule has 2 aromatic carbocycles. The minimum atomic E-state index is 0.375. The van der Waals surface area contributed by atoms with Crippen LogP contribution in [0.4, 0.5) is 0 Å². The van der Waals surface area contributed by atoms with Crippen LogP contribution in [0.2, 0.25) is 0 Å². The Kier molecular flexibility index (Phi) is 3.46. The molecule has 0 aliphatic heterocycles. The summed E-state index contributed by atoms with van der Waals surface area (Å²) >= 11 is 0. The van der Waals surface area contributed by atoms with Crippen LogP contribution in [0.15, 0.2) is 42.5 Å². The number of benzene rings is 2. The van der Waals surface area contributed by atoms with E-state index in [-0.39, 0.29) is 0 Å². The molecule has 0 saturated carbocycles. The molecule has 106 valence electrons. The van der Waals surface area contributed by atoms with E-state index >= 15 is 0 Å². The summed E-state index contributed by atoms with van der Waals surface area (Å²) in [6.07, 6.45) is 0. The summed E-state index contributed by atoms with van der Waals surface area (Å²) in [5.41, 5.74) is 5.80. The van der Waals surface area contributed by atoms with Gasteiger partial charge in [0, 0.05) is 10.9 Å². The third kappa shape index (κ3) is 2.54. The maximum Gasteiger partial charge on any atom is 0.160 e. The first-order valence-corrected chi connectivity index (χ1v) is 7.40. The Morgan fingerprint density at radius 1 is 0.857 bits per heavy atom. The Labute approximate surface area is 125 Å². The van der Waals surface area contributed by atoms with Crippen LogP contribution in [0, 0.1) is 13.8 Å². The van der Waals surface area contributed by atoms with E-state index in [0.29, 0.717) is 5.92 Å². The van der Waals surface area contributed by atoms with E-state index in [1.54, 1.807) is 0 Å². The summed E-state index contributed by atoms with van der Waals surface area (Å²) in [5.74, 6) is 1.19. The Morgan fingerprint density at radius 3 is 2.19 bits per heavy atom. The van der Waals surface area contributed by atoms with E-state index < -0.39 is 0 Å². The topological polar surface area (TPSA) is 25.8 Å². The smallest absolute Gasteiger partial charge is 0.160 e. The van der Waals surface area contributed by atoms with Crippen molar-refractivity contribution >= 4 is 10.9 Å². The number of nitrogens with zero attached hydrogens (tertiary/aromatic N) is 2. The second-order valence-corrected chi connectivity index (χ2v) is 5.91. The molecule has 0 bridgehead atoms. The summed E-state index contributed by atoms with van der Waals surface area (Å²) in [6, 6.07) is 14.6. The summed E-state index contributed by atoms with van der Waals surface area (Å²) in [7, 11) is 0. The van der Waals surface area contributed by atoms with Crippen LogP contribution in [-0.2, 0) is 0 Å². The third-order valence-electron chi connectivity index (χ3n) is 3.92. The van der Waals surface area contributed by atoms with Gasteiger partial charge in [0.25, 0.3) is 0 Å². The van der Waals surface area contributed by atoms with Gasteiger partial charge in [-0.2, -0.15) is 0 Å². The van der Waals surface area contributed by atoms with Crippen molar-refractivity contribution in [2.75, 3.05) is 0 Å². The second-order valence-electron chi connectivity index (χ2n) is 5.91. The fourth-order valence-electron chi connectivity index (χ4n) is 2.57. The molecule has 1 heterocycles. The normalized spacial score (nSPS) is 11.3. The van der Waals surface area contributed by atoms with Crippen molar-refractivity contribution in [2.24, 2.45) is 0 Å². The summed E-state index contributed by atoms with van der Waals surface area (Å²) in [6.45, 7) is 8.65. The molecule has 0 fully saturated rings.